The van der Waals surface area contributed by atoms with Crippen LogP contribution < -0.4 is 20.1 Å². The molecule has 0 saturated carbocycles. The molecule has 2 N–H and O–H groups in total. The zero-order valence-electron chi connectivity index (χ0n) is 17.5. The van der Waals surface area contributed by atoms with Crippen molar-refractivity contribution in [2.75, 3.05) is 14.2 Å². The molecule has 160 valence electrons. The van der Waals surface area contributed by atoms with Crippen molar-refractivity contribution >= 4 is 29.2 Å². The largest absolute Gasteiger partial charge is 0.497 e. The summed E-state index contributed by atoms with van der Waals surface area (Å²) in [6.07, 6.45) is 1.67. The van der Waals surface area contributed by atoms with Crippen LogP contribution in [0.25, 0.3) is 6.08 Å². The Morgan fingerprint density at radius 2 is 1.55 bits per heavy atom. The minimum atomic E-state index is -0.377. The van der Waals surface area contributed by atoms with Gasteiger partial charge < -0.3 is 20.1 Å². The van der Waals surface area contributed by atoms with E-state index in [0.717, 1.165) is 16.2 Å². The molecule has 1 heterocycles. The van der Waals surface area contributed by atoms with Gasteiger partial charge in [-0.3, -0.25) is 9.59 Å². The molecule has 2 amide bonds. The van der Waals surface area contributed by atoms with Crippen LogP contribution in [0.1, 0.15) is 33.8 Å². The summed E-state index contributed by atoms with van der Waals surface area (Å²) < 4.78 is 10.3. The highest BCUT2D eigenvalue weighted by atomic mass is 32.1. The van der Waals surface area contributed by atoms with Crippen LogP contribution in [-0.2, 0) is 4.79 Å². The average Bonchev–Trinajstić information content (AvgIpc) is 3.31. The molecule has 3 aromatic rings. The molecule has 6 nitrogen and oxygen atoms in total. The first-order chi connectivity index (χ1) is 15.0. The minimum absolute atomic E-state index is 0.170. The van der Waals surface area contributed by atoms with Crippen LogP contribution in [0, 0.1) is 0 Å². The molecule has 1 aromatic heterocycles. The van der Waals surface area contributed by atoms with Crippen LogP contribution in [0.3, 0.4) is 0 Å². The Labute approximate surface area is 185 Å². The normalized spacial score (nSPS) is 12.0. The molecular formula is C24H24N2O4S. The molecule has 0 unspecified atom stereocenters. The predicted molar refractivity (Wildman–Crippen MR) is 122 cm³/mol. The summed E-state index contributed by atoms with van der Waals surface area (Å²) in [5.74, 6) is 0.639. The number of nitrogens with one attached hydrogen (secondary N) is 2. The van der Waals surface area contributed by atoms with Crippen LogP contribution in [0.4, 0.5) is 0 Å². The quantitative estimate of drug-likeness (QED) is 0.513. The fourth-order valence-electron chi connectivity index (χ4n) is 2.86. The maximum atomic E-state index is 13.0. The first kappa shape index (κ1) is 22.1. The summed E-state index contributed by atoms with van der Waals surface area (Å²) in [6.45, 7) is 1.88. The summed E-state index contributed by atoms with van der Waals surface area (Å²) in [5.41, 5.74) is 1.52. The lowest BCUT2D eigenvalue weighted by Crippen LogP contribution is -2.36. The molecular weight excluding hydrogens is 412 g/mol. The zero-order valence-corrected chi connectivity index (χ0v) is 18.4. The third-order valence-electron chi connectivity index (χ3n) is 4.64. The number of ether oxygens (including phenoxy) is 2. The lowest BCUT2D eigenvalue weighted by Gasteiger charge is -2.17. The van der Waals surface area contributed by atoms with Gasteiger partial charge in [0.1, 0.15) is 17.2 Å². The molecule has 31 heavy (non-hydrogen) atoms. The lowest BCUT2D eigenvalue weighted by atomic mass is 10.1. The first-order valence-corrected chi connectivity index (χ1v) is 10.5. The monoisotopic (exact) mass is 436 g/mol. The van der Waals surface area contributed by atoms with E-state index in [-0.39, 0.29) is 23.6 Å². The van der Waals surface area contributed by atoms with Gasteiger partial charge in [0.15, 0.2) is 0 Å². The van der Waals surface area contributed by atoms with Crippen molar-refractivity contribution in [3.63, 3.8) is 0 Å². The van der Waals surface area contributed by atoms with Gasteiger partial charge in [-0.15, -0.1) is 11.3 Å². The second-order valence-electron chi connectivity index (χ2n) is 6.72. The number of benzene rings is 2. The predicted octanol–water partition coefficient (Wildman–Crippen LogP) is 4.41. The van der Waals surface area contributed by atoms with Crippen molar-refractivity contribution in [2.45, 2.75) is 13.0 Å². The zero-order chi connectivity index (χ0) is 22.2. The van der Waals surface area contributed by atoms with Gasteiger partial charge in [-0.25, -0.2) is 0 Å². The van der Waals surface area contributed by atoms with Crippen molar-refractivity contribution in [1.29, 1.82) is 0 Å². The Morgan fingerprint density at radius 3 is 2.10 bits per heavy atom. The molecule has 0 aliphatic carbocycles. The average molecular weight is 437 g/mol. The van der Waals surface area contributed by atoms with Crippen LogP contribution in [0.15, 0.2) is 71.7 Å². The Bertz CT molecular complexity index is 1040. The Hall–Kier alpha value is -3.58. The van der Waals surface area contributed by atoms with Crippen molar-refractivity contribution in [3.05, 3.63) is 87.7 Å². The van der Waals surface area contributed by atoms with Gasteiger partial charge in [0.05, 0.1) is 20.3 Å². The van der Waals surface area contributed by atoms with Gasteiger partial charge in [0.25, 0.3) is 11.8 Å². The van der Waals surface area contributed by atoms with Crippen molar-refractivity contribution in [1.82, 2.24) is 10.6 Å². The van der Waals surface area contributed by atoms with Crippen molar-refractivity contribution < 1.29 is 19.1 Å². The van der Waals surface area contributed by atoms with E-state index in [0.29, 0.717) is 11.3 Å². The van der Waals surface area contributed by atoms with E-state index in [1.807, 2.05) is 48.7 Å². The van der Waals surface area contributed by atoms with Crippen LogP contribution in [-0.4, -0.2) is 26.0 Å². The summed E-state index contributed by atoms with van der Waals surface area (Å²) >= 11 is 1.48. The lowest BCUT2D eigenvalue weighted by molar-refractivity contribution is -0.118. The minimum Gasteiger partial charge on any atom is -0.497 e. The van der Waals surface area contributed by atoms with E-state index in [4.69, 9.17) is 9.47 Å². The summed E-state index contributed by atoms with van der Waals surface area (Å²) in [7, 11) is 3.17. The van der Waals surface area contributed by atoms with E-state index in [2.05, 4.69) is 10.6 Å². The SMILES string of the molecule is COc1ccc(C(=O)N/C(=C\c2cccs2)C(=O)N[C@H](C)c2ccc(OC)cc2)cc1. The van der Waals surface area contributed by atoms with E-state index in [1.54, 1.807) is 44.6 Å². The molecule has 7 heteroatoms. The first-order valence-electron chi connectivity index (χ1n) is 9.65. The molecule has 0 aliphatic heterocycles. The third-order valence-corrected chi connectivity index (χ3v) is 5.46. The van der Waals surface area contributed by atoms with Gasteiger partial charge >= 0.3 is 0 Å². The second-order valence-corrected chi connectivity index (χ2v) is 7.70. The number of hydrogen-bond donors (Lipinski definition) is 2. The highest BCUT2D eigenvalue weighted by Gasteiger charge is 2.18. The van der Waals surface area contributed by atoms with Crippen molar-refractivity contribution in [2.24, 2.45) is 0 Å². The number of rotatable bonds is 8. The number of carbonyl (C=O) groups is 2. The maximum absolute atomic E-state index is 13.0. The molecule has 3 rings (SSSR count). The van der Waals surface area contributed by atoms with Crippen LogP contribution in [0.2, 0.25) is 0 Å². The summed E-state index contributed by atoms with van der Waals surface area (Å²) in [6, 6.07) is 17.7. The van der Waals surface area contributed by atoms with E-state index in [9.17, 15) is 9.59 Å². The topological polar surface area (TPSA) is 76.7 Å². The van der Waals surface area contributed by atoms with E-state index in [1.165, 1.54) is 11.3 Å². The Morgan fingerprint density at radius 1 is 0.935 bits per heavy atom. The van der Waals surface area contributed by atoms with Crippen LogP contribution in [0.5, 0.6) is 11.5 Å². The fraction of sp³-hybridized carbons (Fsp3) is 0.167. The van der Waals surface area contributed by atoms with E-state index < -0.39 is 0 Å². The number of amides is 2. The Balaban J connectivity index is 1.77. The number of hydrogen-bond acceptors (Lipinski definition) is 5. The molecule has 0 bridgehead atoms. The number of carbonyl (C=O) groups excluding carboxylic acids is 2. The summed E-state index contributed by atoms with van der Waals surface area (Å²) in [5, 5.41) is 7.59. The summed E-state index contributed by atoms with van der Waals surface area (Å²) in [4.78, 5) is 26.6. The van der Waals surface area contributed by atoms with Gasteiger partial charge in [0, 0.05) is 10.4 Å². The van der Waals surface area contributed by atoms with Gasteiger partial charge in [-0.05, 0) is 66.4 Å². The van der Waals surface area contributed by atoms with E-state index >= 15 is 0 Å². The second kappa shape index (κ2) is 10.4. The highest BCUT2D eigenvalue weighted by Crippen LogP contribution is 2.19. The third kappa shape index (κ3) is 5.96. The number of thiophene rings is 1. The molecule has 0 spiro atoms. The molecule has 1 atom stereocenters. The van der Waals surface area contributed by atoms with Crippen molar-refractivity contribution in [3.8, 4) is 11.5 Å². The molecule has 0 radical (unpaired) electrons. The van der Waals surface area contributed by atoms with Crippen LogP contribution >= 0.6 is 11.3 Å². The fourth-order valence-corrected chi connectivity index (χ4v) is 3.52. The Kier molecular flexibility index (Phi) is 7.45. The van der Waals surface area contributed by atoms with Gasteiger partial charge in [0.2, 0.25) is 0 Å². The molecule has 0 saturated heterocycles. The highest BCUT2D eigenvalue weighted by molar-refractivity contribution is 7.10. The number of methoxy groups -OCH3 is 2. The smallest absolute Gasteiger partial charge is 0.268 e. The molecule has 2 aromatic carbocycles. The van der Waals surface area contributed by atoms with Gasteiger partial charge in [-0.2, -0.15) is 0 Å². The van der Waals surface area contributed by atoms with Gasteiger partial charge in [-0.1, -0.05) is 18.2 Å². The maximum Gasteiger partial charge on any atom is 0.268 e. The standard InChI is InChI=1S/C24H24N2O4S/c1-16(17-6-10-19(29-2)11-7-17)25-24(28)22(15-21-5-4-14-31-21)26-23(27)18-8-12-20(30-3)13-9-18/h4-16H,1-3H3,(H,25,28)(H,26,27)/b22-15-/t16-/m1/s1. The molecule has 0 aliphatic rings. The molecule has 0 fully saturated rings.